The van der Waals surface area contributed by atoms with Crippen LogP contribution in [0.2, 0.25) is 0 Å². The van der Waals surface area contributed by atoms with E-state index in [0.717, 1.165) is 12.8 Å². The van der Waals surface area contributed by atoms with Crippen LogP contribution < -0.4 is 5.73 Å². The second-order valence-corrected chi connectivity index (χ2v) is 6.78. The summed E-state index contributed by atoms with van der Waals surface area (Å²) in [5, 5.41) is 0. The summed E-state index contributed by atoms with van der Waals surface area (Å²) >= 11 is 4.85. The molecule has 2 N–H and O–H groups in total. The molecular formula is C12H19N3O2S2. The Labute approximate surface area is 119 Å². The molecule has 1 aromatic rings. The first-order valence-corrected chi connectivity index (χ1v) is 7.90. The molecule has 0 aliphatic rings. The van der Waals surface area contributed by atoms with Gasteiger partial charge in [-0.2, -0.15) is 4.31 Å². The maximum Gasteiger partial charge on any atom is 0.245 e. The van der Waals surface area contributed by atoms with Crippen molar-refractivity contribution in [1.82, 2.24) is 9.29 Å². The van der Waals surface area contributed by atoms with E-state index in [1.54, 1.807) is 13.1 Å². The minimum absolute atomic E-state index is 0.0179. The van der Waals surface area contributed by atoms with Crippen molar-refractivity contribution < 1.29 is 8.42 Å². The molecule has 1 aromatic heterocycles. The molecule has 5 nitrogen and oxygen atoms in total. The fourth-order valence-corrected chi connectivity index (χ4v) is 3.55. The highest BCUT2D eigenvalue weighted by Gasteiger charge is 2.28. The molecule has 0 saturated carbocycles. The topological polar surface area (TPSA) is 76.3 Å². The van der Waals surface area contributed by atoms with Crippen LogP contribution in [0.15, 0.2) is 23.2 Å². The molecule has 0 fully saturated rings. The van der Waals surface area contributed by atoms with Crippen LogP contribution in [0, 0.1) is 0 Å². The number of aromatic nitrogens is 1. The quantitative estimate of drug-likeness (QED) is 0.806. The van der Waals surface area contributed by atoms with Crippen LogP contribution >= 0.6 is 12.2 Å². The summed E-state index contributed by atoms with van der Waals surface area (Å²) in [6.45, 7) is 3.89. The summed E-state index contributed by atoms with van der Waals surface area (Å²) in [5.41, 5.74) is 5.68. The Morgan fingerprint density at radius 1 is 1.58 bits per heavy atom. The van der Waals surface area contributed by atoms with Gasteiger partial charge in [0.25, 0.3) is 0 Å². The molecule has 106 valence electrons. The van der Waals surface area contributed by atoms with E-state index in [2.05, 4.69) is 4.98 Å². The number of nitrogens with two attached hydrogens (primary N) is 1. The second kappa shape index (κ2) is 6.40. The molecule has 1 unspecified atom stereocenters. The van der Waals surface area contributed by atoms with Gasteiger partial charge >= 0.3 is 0 Å². The zero-order valence-electron chi connectivity index (χ0n) is 11.3. The number of hydrogen-bond acceptors (Lipinski definition) is 4. The van der Waals surface area contributed by atoms with Crippen LogP contribution in [0.4, 0.5) is 0 Å². The number of hydrogen-bond donors (Lipinski definition) is 1. The predicted molar refractivity (Wildman–Crippen MR) is 79.4 cm³/mol. The summed E-state index contributed by atoms with van der Waals surface area (Å²) in [6.07, 6.45) is 3.18. The minimum atomic E-state index is -3.63. The molecule has 1 heterocycles. The third-order valence-corrected chi connectivity index (χ3v) is 5.19. The lowest BCUT2D eigenvalue weighted by Crippen LogP contribution is -2.36. The van der Waals surface area contributed by atoms with Crippen LogP contribution in [-0.2, 0) is 10.0 Å². The number of sulfonamides is 1. The SMILES string of the molecule is CCCC(C)N(C)S(=O)(=O)c1cccnc1C(N)=S. The van der Waals surface area contributed by atoms with E-state index in [1.165, 1.54) is 16.6 Å². The lowest BCUT2D eigenvalue weighted by atomic mass is 10.2. The fraction of sp³-hybridized carbons (Fsp3) is 0.500. The molecule has 1 atom stereocenters. The standard InChI is InChI=1S/C12H19N3O2S2/c1-4-6-9(2)15(3)19(16,17)10-7-5-8-14-11(10)12(13)18/h5,7-9H,4,6H2,1-3H3,(H2,13,18). The maximum atomic E-state index is 12.5. The molecule has 7 heteroatoms. The van der Waals surface area contributed by atoms with Crippen molar-refractivity contribution in [3.05, 3.63) is 24.0 Å². The van der Waals surface area contributed by atoms with Gasteiger partial charge in [-0.15, -0.1) is 0 Å². The van der Waals surface area contributed by atoms with E-state index in [-0.39, 0.29) is 21.6 Å². The van der Waals surface area contributed by atoms with Gasteiger partial charge in [-0.25, -0.2) is 8.42 Å². The average molecular weight is 301 g/mol. The van der Waals surface area contributed by atoms with Crippen molar-refractivity contribution >= 4 is 27.2 Å². The van der Waals surface area contributed by atoms with Crippen molar-refractivity contribution in [3.63, 3.8) is 0 Å². The summed E-state index contributed by atoms with van der Waals surface area (Å²) in [7, 11) is -2.07. The molecule has 0 saturated heterocycles. The Morgan fingerprint density at radius 2 is 2.21 bits per heavy atom. The normalized spacial score (nSPS) is 13.5. The van der Waals surface area contributed by atoms with Crippen molar-refractivity contribution in [2.45, 2.75) is 37.6 Å². The first-order valence-electron chi connectivity index (χ1n) is 6.05. The molecule has 0 aliphatic carbocycles. The van der Waals surface area contributed by atoms with Gasteiger partial charge in [0.2, 0.25) is 10.0 Å². The molecule has 0 amide bonds. The molecular weight excluding hydrogens is 282 g/mol. The Morgan fingerprint density at radius 3 is 2.74 bits per heavy atom. The summed E-state index contributed by atoms with van der Waals surface area (Å²) in [5.74, 6) is 0. The summed E-state index contributed by atoms with van der Waals surface area (Å²) < 4.78 is 26.4. The van der Waals surface area contributed by atoms with Gasteiger partial charge in [0, 0.05) is 19.3 Å². The summed E-state index contributed by atoms with van der Waals surface area (Å²) in [4.78, 5) is 4.01. The van der Waals surface area contributed by atoms with Gasteiger partial charge in [-0.05, 0) is 25.5 Å². The van der Waals surface area contributed by atoms with Gasteiger partial charge < -0.3 is 5.73 Å². The Hall–Kier alpha value is -1.05. The van der Waals surface area contributed by atoms with E-state index in [4.69, 9.17) is 18.0 Å². The molecule has 0 bridgehead atoms. The third kappa shape index (κ3) is 3.49. The van der Waals surface area contributed by atoms with Gasteiger partial charge in [0.15, 0.2) is 0 Å². The van der Waals surface area contributed by atoms with Crippen molar-refractivity contribution in [2.24, 2.45) is 5.73 Å². The van der Waals surface area contributed by atoms with Crippen LogP contribution in [0.5, 0.6) is 0 Å². The number of thiocarbonyl (C=S) groups is 1. The molecule has 0 spiro atoms. The lowest BCUT2D eigenvalue weighted by Gasteiger charge is -2.24. The van der Waals surface area contributed by atoms with Crippen molar-refractivity contribution in [2.75, 3.05) is 7.05 Å². The number of rotatable bonds is 6. The van der Waals surface area contributed by atoms with Gasteiger partial charge in [0.05, 0.1) is 0 Å². The van der Waals surface area contributed by atoms with Gasteiger partial charge in [-0.1, -0.05) is 25.6 Å². The molecule has 0 radical (unpaired) electrons. The zero-order chi connectivity index (χ0) is 14.6. The molecule has 19 heavy (non-hydrogen) atoms. The monoisotopic (exact) mass is 301 g/mol. The Bertz CT molecular complexity index is 558. The molecule has 0 aliphatic heterocycles. The average Bonchev–Trinajstić information content (AvgIpc) is 2.38. The lowest BCUT2D eigenvalue weighted by molar-refractivity contribution is 0.368. The van der Waals surface area contributed by atoms with Crippen molar-refractivity contribution in [1.29, 1.82) is 0 Å². The highest BCUT2D eigenvalue weighted by atomic mass is 32.2. The highest BCUT2D eigenvalue weighted by Crippen LogP contribution is 2.20. The smallest absolute Gasteiger partial charge is 0.245 e. The summed E-state index contributed by atoms with van der Waals surface area (Å²) in [6, 6.07) is 2.95. The van der Waals surface area contributed by atoms with E-state index >= 15 is 0 Å². The van der Waals surface area contributed by atoms with Crippen molar-refractivity contribution in [3.8, 4) is 0 Å². The van der Waals surface area contributed by atoms with E-state index < -0.39 is 10.0 Å². The number of nitrogens with zero attached hydrogens (tertiary/aromatic N) is 2. The second-order valence-electron chi connectivity index (χ2n) is 4.37. The fourth-order valence-electron chi connectivity index (χ4n) is 1.78. The van der Waals surface area contributed by atoms with E-state index in [1.807, 2.05) is 13.8 Å². The van der Waals surface area contributed by atoms with Crippen LogP contribution in [0.3, 0.4) is 0 Å². The molecule has 0 aromatic carbocycles. The first-order chi connectivity index (χ1) is 8.82. The largest absolute Gasteiger partial charge is 0.388 e. The first kappa shape index (κ1) is 16.0. The van der Waals surface area contributed by atoms with Gasteiger partial charge in [-0.3, -0.25) is 4.98 Å². The van der Waals surface area contributed by atoms with Gasteiger partial charge in [0.1, 0.15) is 15.6 Å². The Kier molecular flexibility index (Phi) is 5.39. The zero-order valence-corrected chi connectivity index (χ0v) is 13.0. The Balaban J connectivity index is 3.24. The maximum absolute atomic E-state index is 12.5. The van der Waals surface area contributed by atoms with Crippen LogP contribution in [0.1, 0.15) is 32.4 Å². The van der Waals surface area contributed by atoms with Crippen LogP contribution in [-0.4, -0.2) is 35.8 Å². The van der Waals surface area contributed by atoms with E-state index in [9.17, 15) is 8.42 Å². The van der Waals surface area contributed by atoms with E-state index in [0.29, 0.717) is 0 Å². The number of pyridine rings is 1. The highest BCUT2D eigenvalue weighted by molar-refractivity contribution is 7.89. The third-order valence-electron chi connectivity index (χ3n) is 2.99. The molecule has 1 rings (SSSR count). The minimum Gasteiger partial charge on any atom is -0.388 e. The predicted octanol–water partition coefficient (Wildman–Crippen LogP) is 1.52. The van der Waals surface area contributed by atoms with Crippen LogP contribution in [0.25, 0.3) is 0 Å².